The number of ether oxygens (including phenoxy) is 1. The van der Waals surface area contributed by atoms with E-state index in [-0.39, 0.29) is 11.9 Å². The van der Waals surface area contributed by atoms with Gasteiger partial charge in [0.25, 0.3) is 0 Å². The Labute approximate surface area is 163 Å². The molecule has 1 unspecified atom stereocenters. The molecule has 0 fully saturated rings. The van der Waals surface area contributed by atoms with Gasteiger partial charge in [-0.2, -0.15) is 0 Å². The first kappa shape index (κ1) is 19.0. The van der Waals surface area contributed by atoms with Gasteiger partial charge in [0.15, 0.2) is 0 Å². The maximum atomic E-state index is 11.7. The molecule has 1 heterocycles. The number of hydrogen-bond donors (Lipinski definition) is 1. The summed E-state index contributed by atoms with van der Waals surface area (Å²) in [4.78, 5) is 16.4. The average Bonchev–Trinajstić information content (AvgIpc) is 3.05. The molecule has 0 radical (unpaired) electrons. The number of aryl methyl sites for hydroxylation is 1. The van der Waals surface area contributed by atoms with Gasteiger partial charge in [-0.15, -0.1) is 0 Å². The number of fused-ring (bicyclic) bond motifs is 1. The number of halogens is 1. The minimum Gasteiger partial charge on any atom is -0.494 e. The van der Waals surface area contributed by atoms with E-state index in [9.17, 15) is 4.79 Å². The lowest BCUT2D eigenvalue weighted by molar-refractivity contribution is -0.117. The fraction of sp³-hybridized carbons (Fsp3) is 0.238. The Morgan fingerprint density at radius 3 is 2.78 bits per heavy atom. The lowest BCUT2D eigenvalue weighted by Gasteiger charge is -2.15. The summed E-state index contributed by atoms with van der Waals surface area (Å²) >= 11 is 5.89. The zero-order chi connectivity index (χ0) is 19.2. The van der Waals surface area contributed by atoms with E-state index in [4.69, 9.17) is 21.3 Å². The summed E-state index contributed by atoms with van der Waals surface area (Å²) in [5, 5.41) is 3.57. The molecule has 140 valence electrons. The molecule has 1 amide bonds. The molecule has 0 aliphatic carbocycles. The van der Waals surface area contributed by atoms with Crippen molar-refractivity contribution in [3.05, 3.63) is 72.0 Å². The lowest BCUT2D eigenvalue weighted by atomic mass is 10.3. The van der Waals surface area contributed by atoms with Gasteiger partial charge in [0.05, 0.1) is 23.7 Å². The van der Waals surface area contributed by atoms with Gasteiger partial charge in [0.1, 0.15) is 11.6 Å². The van der Waals surface area contributed by atoms with Gasteiger partial charge in [-0.05, 0) is 55.8 Å². The van der Waals surface area contributed by atoms with Crippen molar-refractivity contribution in [1.29, 1.82) is 0 Å². The third kappa shape index (κ3) is 4.68. The van der Waals surface area contributed by atoms with Crippen molar-refractivity contribution in [2.45, 2.75) is 25.9 Å². The molecule has 0 aliphatic rings. The summed E-state index contributed by atoms with van der Waals surface area (Å²) in [6.07, 6.45) is 2.07. The SMILES string of the molecule is C=CC(=O)NC(C)c1nc2ccccc2n1CCCOc1ccc(Cl)cc1. The minimum absolute atomic E-state index is 0.216. The Hall–Kier alpha value is -2.79. The fourth-order valence-corrected chi connectivity index (χ4v) is 3.07. The zero-order valence-electron chi connectivity index (χ0n) is 15.2. The molecule has 6 heteroatoms. The maximum absolute atomic E-state index is 11.7. The first-order valence-electron chi connectivity index (χ1n) is 8.85. The van der Waals surface area contributed by atoms with E-state index >= 15 is 0 Å². The fourth-order valence-electron chi connectivity index (χ4n) is 2.94. The number of para-hydroxylation sites is 2. The first-order valence-corrected chi connectivity index (χ1v) is 9.22. The van der Waals surface area contributed by atoms with Crippen LogP contribution in [0.25, 0.3) is 11.0 Å². The van der Waals surface area contributed by atoms with E-state index in [0.29, 0.717) is 11.6 Å². The molecule has 0 saturated heterocycles. The predicted octanol–water partition coefficient (Wildman–Crippen LogP) is 4.52. The number of hydrogen-bond acceptors (Lipinski definition) is 3. The lowest BCUT2D eigenvalue weighted by Crippen LogP contribution is -2.27. The molecule has 0 bridgehead atoms. The maximum Gasteiger partial charge on any atom is 0.243 e. The van der Waals surface area contributed by atoms with E-state index < -0.39 is 0 Å². The topological polar surface area (TPSA) is 56.2 Å². The largest absolute Gasteiger partial charge is 0.494 e. The van der Waals surface area contributed by atoms with Crippen LogP contribution in [0.5, 0.6) is 5.75 Å². The molecule has 0 aliphatic heterocycles. The van der Waals surface area contributed by atoms with Crippen molar-refractivity contribution >= 4 is 28.5 Å². The predicted molar refractivity (Wildman–Crippen MR) is 108 cm³/mol. The van der Waals surface area contributed by atoms with Crippen LogP contribution in [0.15, 0.2) is 61.2 Å². The van der Waals surface area contributed by atoms with E-state index in [1.165, 1.54) is 6.08 Å². The van der Waals surface area contributed by atoms with Crippen LogP contribution in [-0.4, -0.2) is 22.1 Å². The first-order chi connectivity index (χ1) is 13.1. The number of nitrogens with one attached hydrogen (secondary N) is 1. The quantitative estimate of drug-likeness (QED) is 0.459. The number of benzene rings is 2. The van der Waals surface area contributed by atoms with Gasteiger partial charge in [0.2, 0.25) is 5.91 Å². The van der Waals surface area contributed by atoms with Gasteiger partial charge in [-0.1, -0.05) is 30.3 Å². The van der Waals surface area contributed by atoms with Crippen LogP contribution in [0.2, 0.25) is 5.02 Å². The van der Waals surface area contributed by atoms with E-state index in [0.717, 1.165) is 35.6 Å². The molecule has 3 aromatic rings. The summed E-state index contributed by atoms with van der Waals surface area (Å²) < 4.78 is 7.91. The van der Waals surface area contributed by atoms with Crippen LogP contribution in [-0.2, 0) is 11.3 Å². The normalized spacial score (nSPS) is 11.9. The Kier molecular flexibility index (Phi) is 6.14. The summed E-state index contributed by atoms with van der Waals surface area (Å²) in [6.45, 7) is 6.73. The summed E-state index contributed by atoms with van der Waals surface area (Å²) in [5.41, 5.74) is 1.95. The number of aromatic nitrogens is 2. The molecule has 1 atom stereocenters. The van der Waals surface area contributed by atoms with Gasteiger partial charge < -0.3 is 14.6 Å². The van der Waals surface area contributed by atoms with Crippen molar-refractivity contribution in [3.8, 4) is 5.75 Å². The van der Waals surface area contributed by atoms with Crippen molar-refractivity contribution in [3.63, 3.8) is 0 Å². The van der Waals surface area contributed by atoms with E-state index in [1.807, 2.05) is 55.5 Å². The van der Waals surface area contributed by atoms with Gasteiger partial charge in [0, 0.05) is 11.6 Å². The van der Waals surface area contributed by atoms with Crippen molar-refractivity contribution in [2.75, 3.05) is 6.61 Å². The van der Waals surface area contributed by atoms with Crippen molar-refractivity contribution in [1.82, 2.24) is 14.9 Å². The van der Waals surface area contributed by atoms with Crippen LogP contribution in [0, 0.1) is 0 Å². The Morgan fingerprint density at radius 2 is 2.04 bits per heavy atom. The highest BCUT2D eigenvalue weighted by atomic mass is 35.5. The molecule has 3 rings (SSSR count). The van der Waals surface area contributed by atoms with E-state index in [1.54, 1.807) is 0 Å². The number of amides is 1. The highest BCUT2D eigenvalue weighted by Crippen LogP contribution is 2.22. The third-order valence-corrected chi connectivity index (χ3v) is 4.48. The molecule has 0 spiro atoms. The van der Waals surface area contributed by atoms with Gasteiger partial charge >= 0.3 is 0 Å². The number of carbonyl (C=O) groups is 1. The van der Waals surface area contributed by atoms with Crippen LogP contribution in [0.3, 0.4) is 0 Å². The second-order valence-corrected chi connectivity index (χ2v) is 6.64. The second kappa shape index (κ2) is 8.73. The Balaban J connectivity index is 1.71. The zero-order valence-corrected chi connectivity index (χ0v) is 15.9. The van der Waals surface area contributed by atoms with E-state index in [2.05, 4.69) is 16.5 Å². The monoisotopic (exact) mass is 383 g/mol. The standard InChI is InChI=1S/C21H22ClN3O2/c1-3-20(26)23-15(2)21-24-18-7-4-5-8-19(18)25(21)13-6-14-27-17-11-9-16(22)10-12-17/h3-5,7-12,15H,1,6,13-14H2,2H3,(H,23,26). The molecule has 5 nitrogen and oxygen atoms in total. The highest BCUT2D eigenvalue weighted by molar-refractivity contribution is 6.30. The smallest absolute Gasteiger partial charge is 0.243 e. The van der Waals surface area contributed by atoms with Crippen LogP contribution >= 0.6 is 11.6 Å². The van der Waals surface area contributed by atoms with Crippen LogP contribution in [0.1, 0.15) is 25.2 Å². The molecular formula is C21H22ClN3O2. The molecular weight excluding hydrogens is 362 g/mol. The summed E-state index contributed by atoms with van der Waals surface area (Å²) in [7, 11) is 0. The Bertz CT molecular complexity index is 934. The highest BCUT2D eigenvalue weighted by Gasteiger charge is 2.17. The molecule has 2 aromatic carbocycles. The Morgan fingerprint density at radius 1 is 1.30 bits per heavy atom. The molecule has 0 saturated carbocycles. The number of rotatable bonds is 8. The number of nitrogens with zero attached hydrogens (tertiary/aromatic N) is 2. The van der Waals surface area contributed by atoms with Gasteiger partial charge in [-0.25, -0.2) is 4.98 Å². The summed E-state index contributed by atoms with van der Waals surface area (Å²) in [6, 6.07) is 15.1. The number of carbonyl (C=O) groups excluding carboxylic acids is 1. The molecule has 1 aromatic heterocycles. The minimum atomic E-state index is -0.222. The molecule has 27 heavy (non-hydrogen) atoms. The van der Waals surface area contributed by atoms with Gasteiger partial charge in [-0.3, -0.25) is 4.79 Å². The second-order valence-electron chi connectivity index (χ2n) is 6.20. The van der Waals surface area contributed by atoms with Crippen molar-refractivity contribution < 1.29 is 9.53 Å². The summed E-state index contributed by atoms with van der Waals surface area (Å²) in [5.74, 6) is 1.40. The molecule has 1 N–H and O–H groups in total. The average molecular weight is 384 g/mol. The van der Waals surface area contributed by atoms with Crippen molar-refractivity contribution in [2.24, 2.45) is 0 Å². The number of imidazole rings is 1. The third-order valence-electron chi connectivity index (χ3n) is 4.22. The van der Waals surface area contributed by atoms with Crippen LogP contribution < -0.4 is 10.1 Å². The van der Waals surface area contributed by atoms with Crippen LogP contribution in [0.4, 0.5) is 0 Å².